The minimum atomic E-state index is 0.407. The van der Waals surface area contributed by atoms with Crippen molar-refractivity contribution in [3.05, 3.63) is 41.5 Å². The van der Waals surface area contributed by atoms with Crippen LogP contribution in [0.5, 0.6) is 0 Å². The molecule has 0 atom stereocenters. The molecule has 0 fully saturated rings. The summed E-state index contributed by atoms with van der Waals surface area (Å²) in [4.78, 5) is 0.407. The van der Waals surface area contributed by atoms with E-state index in [1.165, 1.54) is 0 Å². The average Bonchev–Trinajstić information content (AvgIpc) is 2.77. The first-order valence-corrected chi connectivity index (χ1v) is 6.46. The van der Waals surface area contributed by atoms with Gasteiger partial charge in [-0.1, -0.05) is 23.8 Å². The van der Waals surface area contributed by atoms with E-state index in [-0.39, 0.29) is 0 Å². The van der Waals surface area contributed by atoms with Crippen LogP contribution in [0.3, 0.4) is 0 Å². The Morgan fingerprint density at radius 3 is 2.89 bits per heavy atom. The van der Waals surface area contributed by atoms with Gasteiger partial charge in [-0.15, -0.1) is 10.2 Å². The lowest BCUT2D eigenvalue weighted by molar-refractivity contribution is 0.788. The SMILES string of the molecule is Cc1ccc(NCCc2nncn2C)c(C(N)=S)c1. The molecule has 6 heteroatoms. The van der Waals surface area contributed by atoms with Crippen molar-refractivity contribution in [1.29, 1.82) is 0 Å². The Bertz CT molecular complexity index is 590. The van der Waals surface area contributed by atoms with Crippen LogP contribution in [0.4, 0.5) is 5.69 Å². The van der Waals surface area contributed by atoms with Gasteiger partial charge >= 0.3 is 0 Å². The summed E-state index contributed by atoms with van der Waals surface area (Å²) in [5.41, 5.74) is 8.72. The summed E-state index contributed by atoms with van der Waals surface area (Å²) in [5, 5.41) is 11.2. The second-order valence-electron chi connectivity index (χ2n) is 4.45. The highest BCUT2D eigenvalue weighted by Gasteiger charge is 2.06. The summed E-state index contributed by atoms with van der Waals surface area (Å²) >= 11 is 5.07. The summed E-state index contributed by atoms with van der Waals surface area (Å²) in [5.74, 6) is 0.941. The molecule has 0 spiro atoms. The smallest absolute Gasteiger partial charge is 0.134 e. The molecular weight excluding hydrogens is 258 g/mol. The molecule has 0 bridgehead atoms. The zero-order valence-electron chi connectivity index (χ0n) is 11.1. The molecule has 0 saturated heterocycles. The monoisotopic (exact) mass is 275 g/mol. The van der Waals surface area contributed by atoms with Crippen LogP contribution in [0, 0.1) is 6.92 Å². The molecule has 0 amide bonds. The quantitative estimate of drug-likeness (QED) is 0.808. The second-order valence-corrected chi connectivity index (χ2v) is 4.89. The fraction of sp³-hybridized carbons (Fsp3) is 0.308. The lowest BCUT2D eigenvalue weighted by atomic mass is 10.1. The number of aryl methyl sites for hydroxylation is 2. The zero-order chi connectivity index (χ0) is 13.8. The molecule has 5 nitrogen and oxygen atoms in total. The summed E-state index contributed by atoms with van der Waals surface area (Å²) in [7, 11) is 1.93. The number of aromatic nitrogens is 3. The Kier molecular flexibility index (Phi) is 4.11. The van der Waals surface area contributed by atoms with E-state index >= 15 is 0 Å². The van der Waals surface area contributed by atoms with Crippen LogP contribution in [0.25, 0.3) is 0 Å². The van der Waals surface area contributed by atoms with Gasteiger partial charge in [-0.3, -0.25) is 0 Å². The molecule has 100 valence electrons. The molecule has 0 aliphatic carbocycles. The van der Waals surface area contributed by atoms with Gasteiger partial charge in [0.1, 0.15) is 17.1 Å². The Hall–Kier alpha value is -1.95. The van der Waals surface area contributed by atoms with Gasteiger partial charge in [0.05, 0.1) is 0 Å². The van der Waals surface area contributed by atoms with Crippen molar-refractivity contribution in [2.45, 2.75) is 13.3 Å². The van der Waals surface area contributed by atoms with E-state index in [9.17, 15) is 0 Å². The predicted molar refractivity (Wildman–Crippen MR) is 80.3 cm³/mol. The zero-order valence-corrected chi connectivity index (χ0v) is 11.9. The maximum atomic E-state index is 5.74. The van der Waals surface area contributed by atoms with E-state index in [0.717, 1.165) is 35.6 Å². The molecule has 19 heavy (non-hydrogen) atoms. The molecule has 0 unspecified atom stereocenters. The van der Waals surface area contributed by atoms with Gasteiger partial charge in [-0.25, -0.2) is 0 Å². The molecule has 1 aromatic heterocycles. The van der Waals surface area contributed by atoms with Crippen LogP contribution in [0.15, 0.2) is 24.5 Å². The van der Waals surface area contributed by atoms with Gasteiger partial charge in [-0.05, 0) is 19.1 Å². The number of thiocarbonyl (C=S) groups is 1. The summed E-state index contributed by atoms with van der Waals surface area (Å²) in [6.45, 7) is 2.77. The van der Waals surface area contributed by atoms with Gasteiger partial charge < -0.3 is 15.6 Å². The largest absolute Gasteiger partial charge is 0.389 e. The van der Waals surface area contributed by atoms with E-state index in [1.54, 1.807) is 6.33 Å². The van der Waals surface area contributed by atoms with E-state index in [2.05, 4.69) is 15.5 Å². The molecule has 0 saturated carbocycles. The highest BCUT2D eigenvalue weighted by atomic mass is 32.1. The van der Waals surface area contributed by atoms with Crippen LogP contribution >= 0.6 is 12.2 Å². The minimum Gasteiger partial charge on any atom is -0.389 e. The van der Waals surface area contributed by atoms with E-state index in [4.69, 9.17) is 18.0 Å². The highest BCUT2D eigenvalue weighted by molar-refractivity contribution is 7.80. The third-order valence-electron chi connectivity index (χ3n) is 2.91. The van der Waals surface area contributed by atoms with Gasteiger partial charge in [0.25, 0.3) is 0 Å². The van der Waals surface area contributed by atoms with Crippen LogP contribution in [0.1, 0.15) is 17.0 Å². The number of hydrogen-bond acceptors (Lipinski definition) is 4. The van der Waals surface area contributed by atoms with Crippen LogP contribution in [-0.4, -0.2) is 26.3 Å². The van der Waals surface area contributed by atoms with E-state index in [1.807, 2.05) is 36.7 Å². The molecule has 1 heterocycles. The number of benzene rings is 1. The van der Waals surface area contributed by atoms with E-state index in [0.29, 0.717) is 4.99 Å². The molecule has 0 radical (unpaired) electrons. The lowest BCUT2D eigenvalue weighted by Gasteiger charge is -2.11. The lowest BCUT2D eigenvalue weighted by Crippen LogP contribution is -2.15. The van der Waals surface area contributed by atoms with Gasteiger partial charge in [0, 0.05) is 31.3 Å². The topological polar surface area (TPSA) is 68.8 Å². The Balaban J connectivity index is 2.03. The fourth-order valence-corrected chi connectivity index (χ4v) is 2.03. The van der Waals surface area contributed by atoms with Crippen molar-refractivity contribution in [2.75, 3.05) is 11.9 Å². The number of rotatable bonds is 5. The van der Waals surface area contributed by atoms with Crippen LogP contribution < -0.4 is 11.1 Å². The Labute approximate surface area is 117 Å². The number of hydrogen-bond donors (Lipinski definition) is 2. The molecule has 0 aliphatic heterocycles. The van der Waals surface area contributed by atoms with Crippen molar-refractivity contribution < 1.29 is 0 Å². The summed E-state index contributed by atoms with van der Waals surface area (Å²) < 4.78 is 1.91. The van der Waals surface area contributed by atoms with E-state index < -0.39 is 0 Å². The predicted octanol–water partition coefficient (Wildman–Crippen LogP) is 1.41. The summed E-state index contributed by atoms with van der Waals surface area (Å²) in [6.07, 6.45) is 2.49. The normalized spacial score (nSPS) is 10.4. The van der Waals surface area contributed by atoms with Crippen molar-refractivity contribution in [3.8, 4) is 0 Å². The van der Waals surface area contributed by atoms with Gasteiger partial charge in [0.2, 0.25) is 0 Å². The molecule has 2 aromatic rings. The first-order valence-electron chi connectivity index (χ1n) is 6.05. The maximum Gasteiger partial charge on any atom is 0.134 e. The Morgan fingerprint density at radius 1 is 1.47 bits per heavy atom. The number of nitrogens with two attached hydrogens (primary N) is 1. The molecule has 1 aromatic carbocycles. The van der Waals surface area contributed by atoms with Crippen LogP contribution in [0.2, 0.25) is 0 Å². The molecule has 0 aliphatic rings. The molecule has 2 rings (SSSR count). The number of nitrogens with one attached hydrogen (secondary N) is 1. The second kappa shape index (κ2) is 5.79. The number of nitrogens with zero attached hydrogens (tertiary/aromatic N) is 3. The first-order chi connectivity index (χ1) is 9.08. The maximum absolute atomic E-state index is 5.74. The third kappa shape index (κ3) is 3.29. The standard InChI is InChI=1S/C13H17N5S/c1-9-3-4-11(10(7-9)13(14)19)15-6-5-12-17-16-8-18(12)2/h3-4,7-8,15H,5-6H2,1-2H3,(H2,14,19). The van der Waals surface area contributed by atoms with Crippen molar-refractivity contribution in [2.24, 2.45) is 12.8 Å². The minimum absolute atomic E-state index is 0.407. The van der Waals surface area contributed by atoms with Crippen LogP contribution in [-0.2, 0) is 13.5 Å². The highest BCUT2D eigenvalue weighted by Crippen LogP contribution is 2.17. The van der Waals surface area contributed by atoms with Gasteiger partial charge in [0.15, 0.2) is 0 Å². The van der Waals surface area contributed by atoms with Crippen molar-refractivity contribution >= 4 is 22.9 Å². The molecule has 3 N–H and O–H groups in total. The van der Waals surface area contributed by atoms with Crippen molar-refractivity contribution in [1.82, 2.24) is 14.8 Å². The molecular formula is C13H17N5S. The third-order valence-corrected chi connectivity index (χ3v) is 3.13. The summed E-state index contributed by atoms with van der Waals surface area (Å²) in [6, 6.07) is 6.03. The van der Waals surface area contributed by atoms with Gasteiger partial charge in [-0.2, -0.15) is 0 Å². The Morgan fingerprint density at radius 2 is 2.26 bits per heavy atom. The first kappa shape index (κ1) is 13.5. The van der Waals surface area contributed by atoms with Crippen molar-refractivity contribution in [3.63, 3.8) is 0 Å². The fourth-order valence-electron chi connectivity index (χ4n) is 1.86. The number of anilines is 1. The average molecular weight is 275 g/mol.